The first-order valence-electron chi connectivity index (χ1n) is 7.82. The van der Waals surface area contributed by atoms with Crippen LogP contribution in [0.5, 0.6) is 0 Å². The molecule has 1 aliphatic carbocycles. The van der Waals surface area contributed by atoms with E-state index in [1.807, 2.05) is 41.3 Å². The van der Waals surface area contributed by atoms with Gasteiger partial charge in [0.2, 0.25) is 0 Å². The maximum atomic E-state index is 4.40. The Morgan fingerprint density at radius 2 is 2.05 bits per heavy atom. The SMILES string of the molecule is C1=C(Cn2cc(-c3ccnc4ccccc34)nn2)CCCC1. The van der Waals surface area contributed by atoms with Crippen molar-refractivity contribution in [2.24, 2.45) is 0 Å². The van der Waals surface area contributed by atoms with Gasteiger partial charge in [-0.15, -0.1) is 5.10 Å². The predicted octanol–water partition coefficient (Wildman–Crippen LogP) is 3.99. The maximum Gasteiger partial charge on any atom is 0.113 e. The van der Waals surface area contributed by atoms with Gasteiger partial charge in [-0.1, -0.05) is 35.1 Å². The maximum absolute atomic E-state index is 4.40. The summed E-state index contributed by atoms with van der Waals surface area (Å²) in [4.78, 5) is 4.40. The third-order valence-corrected chi connectivity index (χ3v) is 4.21. The van der Waals surface area contributed by atoms with Crippen LogP contribution in [0.25, 0.3) is 22.2 Å². The molecule has 110 valence electrons. The Bertz CT molecular complexity index is 826. The van der Waals surface area contributed by atoms with Crippen molar-refractivity contribution in [3.8, 4) is 11.3 Å². The molecule has 0 atom stereocenters. The van der Waals surface area contributed by atoms with E-state index in [-0.39, 0.29) is 0 Å². The van der Waals surface area contributed by atoms with Crippen LogP contribution in [-0.2, 0) is 6.54 Å². The van der Waals surface area contributed by atoms with Gasteiger partial charge in [-0.05, 0) is 37.8 Å². The molecule has 0 bridgehead atoms. The van der Waals surface area contributed by atoms with Crippen molar-refractivity contribution in [1.29, 1.82) is 0 Å². The molecule has 0 N–H and O–H groups in total. The van der Waals surface area contributed by atoms with E-state index in [1.165, 1.54) is 31.3 Å². The second kappa shape index (κ2) is 5.72. The summed E-state index contributed by atoms with van der Waals surface area (Å²) in [5.41, 5.74) is 4.47. The smallest absolute Gasteiger partial charge is 0.113 e. The molecule has 3 aromatic rings. The second-order valence-corrected chi connectivity index (χ2v) is 5.79. The van der Waals surface area contributed by atoms with E-state index in [1.54, 1.807) is 0 Å². The molecule has 0 fully saturated rings. The Kier molecular flexibility index (Phi) is 3.43. The highest BCUT2D eigenvalue weighted by atomic mass is 15.4. The van der Waals surface area contributed by atoms with Crippen LogP contribution in [0.1, 0.15) is 25.7 Å². The first-order chi connectivity index (χ1) is 10.9. The zero-order valence-corrected chi connectivity index (χ0v) is 12.4. The second-order valence-electron chi connectivity index (χ2n) is 5.79. The molecule has 2 heterocycles. The van der Waals surface area contributed by atoms with Gasteiger partial charge in [-0.3, -0.25) is 4.98 Å². The molecule has 0 spiro atoms. The molecule has 0 radical (unpaired) electrons. The average Bonchev–Trinajstić information content (AvgIpc) is 3.03. The van der Waals surface area contributed by atoms with Crippen molar-refractivity contribution in [1.82, 2.24) is 20.0 Å². The van der Waals surface area contributed by atoms with Gasteiger partial charge in [0.1, 0.15) is 5.69 Å². The van der Waals surface area contributed by atoms with Gasteiger partial charge in [0.25, 0.3) is 0 Å². The minimum Gasteiger partial charge on any atom is -0.256 e. The molecule has 0 saturated heterocycles. The molecule has 4 heteroatoms. The van der Waals surface area contributed by atoms with Crippen LogP contribution in [0.4, 0.5) is 0 Å². The van der Waals surface area contributed by atoms with Gasteiger partial charge in [-0.25, -0.2) is 4.68 Å². The molecule has 0 unspecified atom stereocenters. The molecular formula is C18H18N4. The molecule has 4 nitrogen and oxygen atoms in total. The van der Waals surface area contributed by atoms with Crippen LogP contribution in [0.2, 0.25) is 0 Å². The largest absolute Gasteiger partial charge is 0.256 e. The fourth-order valence-electron chi connectivity index (χ4n) is 3.07. The highest BCUT2D eigenvalue weighted by molar-refractivity contribution is 5.92. The average molecular weight is 290 g/mol. The molecular weight excluding hydrogens is 272 g/mol. The lowest BCUT2D eigenvalue weighted by molar-refractivity contribution is 0.591. The summed E-state index contributed by atoms with van der Waals surface area (Å²) in [6, 6.07) is 10.2. The summed E-state index contributed by atoms with van der Waals surface area (Å²) >= 11 is 0. The molecule has 2 aromatic heterocycles. The Hall–Kier alpha value is -2.49. The van der Waals surface area contributed by atoms with E-state index in [2.05, 4.69) is 27.4 Å². The third kappa shape index (κ3) is 2.52. The number of para-hydroxylation sites is 1. The van der Waals surface area contributed by atoms with E-state index >= 15 is 0 Å². The number of nitrogens with zero attached hydrogens (tertiary/aromatic N) is 4. The lowest BCUT2D eigenvalue weighted by Gasteiger charge is -2.11. The third-order valence-electron chi connectivity index (χ3n) is 4.21. The van der Waals surface area contributed by atoms with Crippen LogP contribution in [0.3, 0.4) is 0 Å². The first-order valence-corrected chi connectivity index (χ1v) is 7.82. The topological polar surface area (TPSA) is 43.6 Å². The summed E-state index contributed by atoms with van der Waals surface area (Å²) in [7, 11) is 0. The van der Waals surface area contributed by atoms with Gasteiger partial charge in [-0.2, -0.15) is 0 Å². The van der Waals surface area contributed by atoms with E-state index in [9.17, 15) is 0 Å². The number of allylic oxidation sites excluding steroid dienone is 2. The Morgan fingerprint density at radius 1 is 1.09 bits per heavy atom. The first kappa shape index (κ1) is 13.2. The molecule has 1 aromatic carbocycles. The van der Waals surface area contributed by atoms with Crippen LogP contribution in [0, 0.1) is 0 Å². The van der Waals surface area contributed by atoms with Crippen LogP contribution >= 0.6 is 0 Å². The fourth-order valence-corrected chi connectivity index (χ4v) is 3.07. The summed E-state index contributed by atoms with van der Waals surface area (Å²) in [5.74, 6) is 0. The van der Waals surface area contributed by atoms with E-state index in [0.29, 0.717) is 0 Å². The quantitative estimate of drug-likeness (QED) is 0.685. The Morgan fingerprint density at radius 3 is 2.95 bits per heavy atom. The van der Waals surface area contributed by atoms with Crippen LogP contribution in [0.15, 0.2) is 54.4 Å². The molecule has 22 heavy (non-hydrogen) atoms. The molecule has 4 rings (SSSR count). The van der Waals surface area contributed by atoms with Crippen LogP contribution < -0.4 is 0 Å². The van der Waals surface area contributed by atoms with Crippen molar-refractivity contribution in [3.63, 3.8) is 0 Å². The number of benzene rings is 1. The lowest BCUT2D eigenvalue weighted by Crippen LogP contribution is -2.04. The Balaban J connectivity index is 1.67. The van der Waals surface area contributed by atoms with E-state index < -0.39 is 0 Å². The summed E-state index contributed by atoms with van der Waals surface area (Å²) in [6.45, 7) is 0.857. The summed E-state index contributed by atoms with van der Waals surface area (Å²) in [5, 5.41) is 9.78. The van der Waals surface area contributed by atoms with Crippen molar-refractivity contribution in [3.05, 3.63) is 54.4 Å². The lowest BCUT2D eigenvalue weighted by atomic mass is 10.00. The van der Waals surface area contributed by atoms with Gasteiger partial charge in [0, 0.05) is 17.1 Å². The molecule has 0 saturated carbocycles. The Labute approximate surface area is 129 Å². The number of hydrogen-bond donors (Lipinski definition) is 0. The van der Waals surface area contributed by atoms with Gasteiger partial charge >= 0.3 is 0 Å². The van der Waals surface area contributed by atoms with E-state index in [4.69, 9.17) is 0 Å². The van der Waals surface area contributed by atoms with Crippen molar-refractivity contribution >= 4 is 10.9 Å². The van der Waals surface area contributed by atoms with Crippen molar-refractivity contribution in [2.75, 3.05) is 0 Å². The zero-order chi connectivity index (χ0) is 14.8. The zero-order valence-electron chi connectivity index (χ0n) is 12.4. The van der Waals surface area contributed by atoms with Gasteiger partial charge in [0.05, 0.1) is 18.3 Å². The number of pyridine rings is 1. The normalized spacial score (nSPS) is 15.0. The molecule has 0 aliphatic heterocycles. The van der Waals surface area contributed by atoms with Crippen LogP contribution in [-0.4, -0.2) is 20.0 Å². The van der Waals surface area contributed by atoms with Gasteiger partial charge in [0.15, 0.2) is 0 Å². The number of fused-ring (bicyclic) bond motifs is 1. The fraction of sp³-hybridized carbons (Fsp3) is 0.278. The number of hydrogen-bond acceptors (Lipinski definition) is 3. The minimum absolute atomic E-state index is 0.857. The number of aromatic nitrogens is 4. The standard InChI is InChI=1S/C18H18N4/c1-2-6-14(7-3-1)12-22-13-18(20-21-22)16-10-11-19-17-9-5-4-8-15(16)17/h4-6,8-11,13H,1-3,7,12H2. The molecule has 1 aliphatic rings. The predicted molar refractivity (Wildman–Crippen MR) is 87.3 cm³/mol. The van der Waals surface area contributed by atoms with Crippen molar-refractivity contribution in [2.45, 2.75) is 32.2 Å². The van der Waals surface area contributed by atoms with Crippen molar-refractivity contribution < 1.29 is 0 Å². The summed E-state index contributed by atoms with van der Waals surface area (Å²) in [6.07, 6.45) is 11.2. The highest BCUT2D eigenvalue weighted by Gasteiger charge is 2.10. The van der Waals surface area contributed by atoms with Gasteiger partial charge < -0.3 is 0 Å². The van der Waals surface area contributed by atoms with E-state index in [0.717, 1.165) is 28.7 Å². The minimum atomic E-state index is 0.857. The summed E-state index contributed by atoms with van der Waals surface area (Å²) < 4.78 is 1.95. The monoisotopic (exact) mass is 290 g/mol. The number of rotatable bonds is 3. The highest BCUT2D eigenvalue weighted by Crippen LogP contribution is 2.26. The molecule has 0 amide bonds.